The Hall–Kier alpha value is -2.13. The fourth-order valence-corrected chi connectivity index (χ4v) is 5.22. The van der Waals surface area contributed by atoms with E-state index in [-0.39, 0.29) is 11.4 Å². The van der Waals surface area contributed by atoms with E-state index >= 15 is 0 Å². The van der Waals surface area contributed by atoms with Gasteiger partial charge in [-0.25, -0.2) is 13.1 Å². The predicted octanol–water partition coefficient (Wildman–Crippen LogP) is 3.25. The Morgan fingerprint density at radius 3 is 2.64 bits per heavy atom. The number of thiophene rings is 1. The van der Waals surface area contributed by atoms with Crippen molar-refractivity contribution in [3.63, 3.8) is 0 Å². The lowest BCUT2D eigenvalue weighted by Gasteiger charge is -2.22. The molecule has 2 heterocycles. The van der Waals surface area contributed by atoms with Crippen LogP contribution in [0.1, 0.15) is 18.2 Å². The molecule has 2 aromatic carbocycles. The lowest BCUT2D eigenvalue weighted by atomic mass is 10.1. The van der Waals surface area contributed by atoms with Crippen molar-refractivity contribution in [3.8, 4) is 11.5 Å². The van der Waals surface area contributed by atoms with Crippen LogP contribution >= 0.6 is 11.3 Å². The van der Waals surface area contributed by atoms with E-state index < -0.39 is 15.6 Å². The standard InChI is InChI=1S/C20H21NO5S2/c1-20(22,19-11-14-5-2-3-6-18(14)27-19)13-21-28(23,24)15-7-8-16-17(12-15)26-10-4-9-25-16/h2-3,5-8,11-12,21-22H,4,9-10,13H2,1H3/t20-/m0/s1. The highest BCUT2D eigenvalue weighted by molar-refractivity contribution is 7.89. The van der Waals surface area contributed by atoms with Crippen molar-refractivity contribution in [3.05, 3.63) is 53.4 Å². The maximum absolute atomic E-state index is 12.7. The van der Waals surface area contributed by atoms with Gasteiger partial charge < -0.3 is 14.6 Å². The van der Waals surface area contributed by atoms with E-state index in [0.717, 1.165) is 16.5 Å². The largest absolute Gasteiger partial charge is 0.490 e. The number of ether oxygens (including phenoxy) is 2. The van der Waals surface area contributed by atoms with Gasteiger partial charge in [0.25, 0.3) is 0 Å². The number of sulfonamides is 1. The Balaban J connectivity index is 1.53. The second kappa shape index (κ2) is 7.36. The van der Waals surface area contributed by atoms with E-state index in [4.69, 9.17) is 9.47 Å². The van der Waals surface area contributed by atoms with E-state index in [1.165, 1.54) is 23.5 Å². The van der Waals surface area contributed by atoms with Gasteiger partial charge in [0.2, 0.25) is 10.0 Å². The molecule has 1 aliphatic heterocycles. The average molecular weight is 420 g/mol. The van der Waals surface area contributed by atoms with Crippen LogP contribution in [0.25, 0.3) is 10.1 Å². The van der Waals surface area contributed by atoms with Gasteiger partial charge in [-0.05, 0) is 36.6 Å². The minimum absolute atomic E-state index is 0.0730. The lowest BCUT2D eigenvalue weighted by molar-refractivity contribution is 0.0666. The Morgan fingerprint density at radius 1 is 1.11 bits per heavy atom. The summed E-state index contributed by atoms with van der Waals surface area (Å²) in [4.78, 5) is 0.777. The second-order valence-corrected chi connectivity index (χ2v) is 9.76. The topological polar surface area (TPSA) is 84.9 Å². The average Bonchev–Trinajstić information content (AvgIpc) is 2.99. The van der Waals surface area contributed by atoms with Crippen molar-refractivity contribution in [2.75, 3.05) is 19.8 Å². The molecular formula is C20H21NO5S2. The van der Waals surface area contributed by atoms with E-state index in [9.17, 15) is 13.5 Å². The number of benzene rings is 2. The Kier molecular flexibility index (Phi) is 5.05. The summed E-state index contributed by atoms with van der Waals surface area (Å²) in [7, 11) is -3.82. The summed E-state index contributed by atoms with van der Waals surface area (Å²) in [5, 5.41) is 11.9. The van der Waals surface area contributed by atoms with Gasteiger partial charge in [-0.2, -0.15) is 0 Å². The highest BCUT2D eigenvalue weighted by Gasteiger charge is 2.28. The fourth-order valence-electron chi connectivity index (χ4n) is 2.96. The molecule has 6 nitrogen and oxygen atoms in total. The first-order chi connectivity index (χ1) is 13.4. The van der Waals surface area contributed by atoms with Crippen LogP contribution in [0.2, 0.25) is 0 Å². The van der Waals surface area contributed by atoms with Crippen molar-refractivity contribution in [2.24, 2.45) is 0 Å². The zero-order valence-corrected chi connectivity index (χ0v) is 17.0. The Labute approximate surface area is 167 Å². The summed E-state index contributed by atoms with van der Waals surface area (Å²) in [5.41, 5.74) is -1.33. The molecule has 8 heteroatoms. The van der Waals surface area contributed by atoms with Crippen LogP contribution in [0.3, 0.4) is 0 Å². The first-order valence-electron chi connectivity index (χ1n) is 8.96. The van der Waals surface area contributed by atoms with Gasteiger partial charge in [0.15, 0.2) is 11.5 Å². The van der Waals surface area contributed by atoms with Crippen LogP contribution in [0.5, 0.6) is 11.5 Å². The zero-order chi connectivity index (χ0) is 19.8. The summed E-state index contributed by atoms with van der Waals surface area (Å²) in [5.74, 6) is 0.949. The fraction of sp³-hybridized carbons (Fsp3) is 0.300. The number of aliphatic hydroxyl groups is 1. The normalized spacial score (nSPS) is 16.5. The summed E-state index contributed by atoms with van der Waals surface area (Å²) in [6.07, 6.45) is 0.743. The quantitative estimate of drug-likeness (QED) is 0.663. The molecule has 0 saturated heterocycles. The lowest BCUT2D eigenvalue weighted by Crippen LogP contribution is -2.38. The van der Waals surface area contributed by atoms with E-state index in [1.807, 2.05) is 30.3 Å². The molecule has 1 atom stereocenters. The summed E-state index contributed by atoms with van der Waals surface area (Å²) in [6.45, 7) is 2.48. The number of hydrogen-bond acceptors (Lipinski definition) is 6. The Bertz CT molecular complexity index is 1070. The molecule has 0 aliphatic carbocycles. The van der Waals surface area contributed by atoms with Gasteiger partial charge in [-0.1, -0.05) is 18.2 Å². The minimum Gasteiger partial charge on any atom is -0.490 e. The Morgan fingerprint density at radius 2 is 1.86 bits per heavy atom. The maximum atomic E-state index is 12.7. The third-order valence-corrected chi connectivity index (χ3v) is 7.36. The third kappa shape index (κ3) is 3.86. The predicted molar refractivity (Wildman–Crippen MR) is 109 cm³/mol. The molecule has 2 N–H and O–H groups in total. The number of rotatable bonds is 5. The number of nitrogens with one attached hydrogen (secondary N) is 1. The van der Waals surface area contributed by atoms with E-state index in [2.05, 4.69) is 4.72 Å². The molecule has 0 saturated carbocycles. The van der Waals surface area contributed by atoms with Gasteiger partial charge in [0, 0.05) is 28.6 Å². The molecule has 0 unspecified atom stereocenters. The van der Waals surface area contributed by atoms with Gasteiger partial charge in [-0.15, -0.1) is 11.3 Å². The molecule has 0 radical (unpaired) electrons. The number of hydrogen-bond donors (Lipinski definition) is 2. The van der Waals surface area contributed by atoms with Gasteiger partial charge >= 0.3 is 0 Å². The molecular weight excluding hydrogens is 398 g/mol. The smallest absolute Gasteiger partial charge is 0.240 e. The van der Waals surface area contributed by atoms with Crippen molar-refractivity contribution in [1.29, 1.82) is 0 Å². The second-order valence-electron chi connectivity index (χ2n) is 6.91. The summed E-state index contributed by atoms with van der Waals surface area (Å²) in [6, 6.07) is 14.2. The first-order valence-corrected chi connectivity index (χ1v) is 11.3. The molecule has 1 aliphatic rings. The molecule has 28 heavy (non-hydrogen) atoms. The van der Waals surface area contributed by atoms with Gasteiger partial charge in [-0.3, -0.25) is 0 Å². The van der Waals surface area contributed by atoms with Crippen molar-refractivity contribution < 1.29 is 23.0 Å². The van der Waals surface area contributed by atoms with E-state index in [0.29, 0.717) is 29.6 Å². The van der Waals surface area contributed by atoms with Gasteiger partial charge in [0.05, 0.1) is 18.1 Å². The molecule has 0 amide bonds. The van der Waals surface area contributed by atoms with Crippen LogP contribution in [0.4, 0.5) is 0 Å². The van der Waals surface area contributed by atoms with Crippen molar-refractivity contribution in [2.45, 2.75) is 23.8 Å². The molecule has 0 spiro atoms. The first kappa shape index (κ1) is 19.2. The minimum atomic E-state index is -3.82. The highest BCUT2D eigenvalue weighted by Crippen LogP contribution is 2.34. The van der Waals surface area contributed by atoms with Crippen LogP contribution in [0, 0.1) is 0 Å². The molecule has 148 valence electrons. The van der Waals surface area contributed by atoms with Crippen LogP contribution in [-0.2, 0) is 15.6 Å². The van der Waals surface area contributed by atoms with Crippen LogP contribution in [-0.4, -0.2) is 33.3 Å². The van der Waals surface area contributed by atoms with Crippen molar-refractivity contribution in [1.82, 2.24) is 4.72 Å². The number of fused-ring (bicyclic) bond motifs is 2. The monoisotopic (exact) mass is 419 g/mol. The van der Waals surface area contributed by atoms with Gasteiger partial charge in [0.1, 0.15) is 5.60 Å². The molecule has 1 aromatic heterocycles. The third-order valence-electron chi connectivity index (χ3n) is 4.59. The maximum Gasteiger partial charge on any atom is 0.240 e. The molecule has 4 rings (SSSR count). The van der Waals surface area contributed by atoms with E-state index in [1.54, 1.807) is 13.0 Å². The zero-order valence-electron chi connectivity index (χ0n) is 15.3. The molecule has 3 aromatic rings. The van der Waals surface area contributed by atoms with Crippen LogP contribution < -0.4 is 14.2 Å². The molecule has 0 fully saturated rings. The van der Waals surface area contributed by atoms with Crippen molar-refractivity contribution >= 4 is 31.4 Å². The highest BCUT2D eigenvalue weighted by atomic mass is 32.2. The summed E-state index contributed by atoms with van der Waals surface area (Å²) < 4.78 is 40.1. The molecule has 0 bridgehead atoms. The SMILES string of the molecule is C[C@](O)(CNS(=O)(=O)c1ccc2c(c1)OCCCO2)c1cc2ccccc2s1. The summed E-state index contributed by atoms with van der Waals surface area (Å²) >= 11 is 1.45. The van der Waals surface area contributed by atoms with Crippen LogP contribution in [0.15, 0.2) is 53.4 Å².